The molecule has 0 amide bonds. The van der Waals surface area contributed by atoms with Gasteiger partial charge in [0, 0.05) is 12.3 Å². The van der Waals surface area contributed by atoms with Gasteiger partial charge in [-0.05, 0) is 58.6 Å². The van der Waals surface area contributed by atoms with E-state index in [-0.39, 0.29) is 0 Å². The fraction of sp³-hybridized carbons (Fsp3) is 1.00. The van der Waals surface area contributed by atoms with Crippen LogP contribution in [0.1, 0.15) is 19.8 Å². The summed E-state index contributed by atoms with van der Waals surface area (Å²) in [7, 11) is 2.19. The van der Waals surface area contributed by atoms with Gasteiger partial charge in [0.2, 0.25) is 0 Å². The number of nitrogens with zero attached hydrogens (tertiary/aromatic N) is 1. The average molecular weight is 246 g/mol. The summed E-state index contributed by atoms with van der Waals surface area (Å²) in [5.41, 5.74) is -0.565. The predicted octanol–water partition coefficient (Wildman–Crippen LogP) is 1.03. The summed E-state index contributed by atoms with van der Waals surface area (Å²) in [5.74, 6) is 1.59. The van der Waals surface area contributed by atoms with E-state index in [1.54, 1.807) is 11.8 Å². The van der Waals surface area contributed by atoms with Crippen molar-refractivity contribution in [2.24, 2.45) is 5.92 Å². The van der Waals surface area contributed by atoms with E-state index >= 15 is 0 Å². The van der Waals surface area contributed by atoms with Crippen molar-refractivity contribution in [3.8, 4) is 0 Å². The van der Waals surface area contributed by atoms with Crippen LogP contribution < -0.4 is 5.32 Å². The van der Waals surface area contributed by atoms with Crippen LogP contribution in [0.25, 0.3) is 0 Å². The molecular weight excluding hydrogens is 220 g/mol. The molecule has 0 aromatic rings. The second kappa shape index (κ2) is 6.84. The van der Waals surface area contributed by atoms with Crippen molar-refractivity contribution in [3.05, 3.63) is 0 Å². The molecule has 0 spiro atoms. The van der Waals surface area contributed by atoms with Gasteiger partial charge in [0.25, 0.3) is 0 Å². The average Bonchev–Trinajstić information content (AvgIpc) is 2.20. The lowest BCUT2D eigenvalue weighted by molar-refractivity contribution is 0.0823. The lowest BCUT2D eigenvalue weighted by Gasteiger charge is -2.30. The molecule has 1 heterocycles. The van der Waals surface area contributed by atoms with E-state index in [2.05, 4.69) is 17.3 Å². The SMILES string of the molecule is CSCC(C)(O)CNCC1CCN(C)CC1. The maximum Gasteiger partial charge on any atom is 0.0833 e. The number of piperidine rings is 1. The molecule has 96 valence electrons. The van der Waals surface area contributed by atoms with Crippen molar-refractivity contribution in [2.45, 2.75) is 25.4 Å². The van der Waals surface area contributed by atoms with Crippen LogP contribution >= 0.6 is 11.8 Å². The Morgan fingerprint density at radius 2 is 2.06 bits per heavy atom. The van der Waals surface area contributed by atoms with Crippen molar-refractivity contribution >= 4 is 11.8 Å². The number of thioether (sulfide) groups is 1. The van der Waals surface area contributed by atoms with Crippen LogP contribution in [0.5, 0.6) is 0 Å². The van der Waals surface area contributed by atoms with Crippen LogP contribution in [0.2, 0.25) is 0 Å². The summed E-state index contributed by atoms with van der Waals surface area (Å²) in [6.07, 6.45) is 4.60. The quantitative estimate of drug-likeness (QED) is 0.734. The first-order valence-corrected chi connectivity index (χ1v) is 7.53. The van der Waals surface area contributed by atoms with E-state index in [0.717, 1.165) is 18.2 Å². The van der Waals surface area contributed by atoms with Gasteiger partial charge in [-0.15, -0.1) is 0 Å². The zero-order chi connectivity index (χ0) is 12.0. The molecule has 0 radical (unpaired) electrons. The topological polar surface area (TPSA) is 35.5 Å². The Labute approximate surface area is 104 Å². The highest BCUT2D eigenvalue weighted by atomic mass is 32.2. The molecule has 1 fully saturated rings. The molecule has 1 saturated heterocycles. The van der Waals surface area contributed by atoms with Crippen molar-refractivity contribution in [3.63, 3.8) is 0 Å². The normalized spacial score (nSPS) is 23.2. The third kappa shape index (κ3) is 5.53. The van der Waals surface area contributed by atoms with Gasteiger partial charge < -0.3 is 15.3 Å². The first-order valence-electron chi connectivity index (χ1n) is 6.14. The Morgan fingerprint density at radius 1 is 1.44 bits per heavy atom. The van der Waals surface area contributed by atoms with E-state index in [0.29, 0.717) is 6.54 Å². The molecule has 0 aromatic heterocycles. The van der Waals surface area contributed by atoms with Crippen LogP contribution in [0.15, 0.2) is 0 Å². The molecule has 1 aliphatic rings. The second-order valence-electron chi connectivity index (χ2n) is 5.31. The third-order valence-electron chi connectivity index (χ3n) is 3.23. The first kappa shape index (κ1) is 14.3. The molecular formula is C12H26N2OS. The van der Waals surface area contributed by atoms with Crippen LogP contribution in [0.3, 0.4) is 0 Å². The molecule has 16 heavy (non-hydrogen) atoms. The van der Waals surface area contributed by atoms with Gasteiger partial charge in [0.15, 0.2) is 0 Å². The molecule has 1 atom stereocenters. The molecule has 1 aliphatic heterocycles. The largest absolute Gasteiger partial charge is 0.388 e. The van der Waals surface area contributed by atoms with E-state index in [4.69, 9.17) is 0 Å². The number of rotatable bonds is 6. The summed E-state index contributed by atoms with van der Waals surface area (Å²) in [4.78, 5) is 2.39. The highest BCUT2D eigenvalue weighted by molar-refractivity contribution is 7.98. The van der Waals surface area contributed by atoms with Crippen molar-refractivity contribution < 1.29 is 5.11 Å². The zero-order valence-electron chi connectivity index (χ0n) is 10.8. The maximum atomic E-state index is 9.99. The maximum absolute atomic E-state index is 9.99. The van der Waals surface area contributed by atoms with Crippen molar-refractivity contribution in [2.75, 3.05) is 45.2 Å². The fourth-order valence-electron chi connectivity index (χ4n) is 2.17. The molecule has 1 rings (SSSR count). The van der Waals surface area contributed by atoms with Crippen LogP contribution in [-0.2, 0) is 0 Å². The Balaban J connectivity index is 2.11. The minimum atomic E-state index is -0.565. The predicted molar refractivity (Wildman–Crippen MR) is 72.1 cm³/mol. The smallest absolute Gasteiger partial charge is 0.0833 e. The van der Waals surface area contributed by atoms with Crippen LogP contribution in [0, 0.1) is 5.92 Å². The number of hydrogen-bond donors (Lipinski definition) is 2. The number of likely N-dealkylation sites (tertiary alicyclic amines) is 1. The summed E-state index contributed by atoms with van der Waals surface area (Å²) in [6, 6.07) is 0. The van der Waals surface area contributed by atoms with Gasteiger partial charge in [-0.25, -0.2) is 0 Å². The fourth-order valence-corrected chi connectivity index (χ4v) is 2.90. The third-order valence-corrected chi connectivity index (χ3v) is 4.14. The van der Waals surface area contributed by atoms with E-state index in [9.17, 15) is 5.11 Å². The molecule has 1 unspecified atom stereocenters. The monoisotopic (exact) mass is 246 g/mol. The van der Waals surface area contributed by atoms with Gasteiger partial charge in [-0.3, -0.25) is 0 Å². The second-order valence-corrected chi connectivity index (χ2v) is 6.17. The van der Waals surface area contributed by atoms with E-state index < -0.39 is 5.60 Å². The van der Waals surface area contributed by atoms with Gasteiger partial charge in [0.05, 0.1) is 5.60 Å². The summed E-state index contributed by atoms with van der Waals surface area (Å²) < 4.78 is 0. The molecule has 4 heteroatoms. The lowest BCUT2D eigenvalue weighted by Crippen LogP contribution is -2.43. The van der Waals surface area contributed by atoms with E-state index in [1.165, 1.54) is 25.9 Å². The molecule has 2 N–H and O–H groups in total. The Hall–Kier alpha value is 0.230. The molecule has 3 nitrogen and oxygen atoms in total. The lowest BCUT2D eigenvalue weighted by atomic mass is 9.97. The Kier molecular flexibility index (Phi) is 6.11. The molecule has 0 bridgehead atoms. The van der Waals surface area contributed by atoms with Gasteiger partial charge in [0.1, 0.15) is 0 Å². The highest BCUT2D eigenvalue weighted by Gasteiger charge is 2.21. The summed E-state index contributed by atoms with van der Waals surface area (Å²) in [5, 5.41) is 13.4. The van der Waals surface area contributed by atoms with Gasteiger partial charge >= 0.3 is 0 Å². The van der Waals surface area contributed by atoms with Crippen LogP contribution in [-0.4, -0.2) is 60.8 Å². The van der Waals surface area contributed by atoms with E-state index in [1.807, 2.05) is 13.2 Å². The minimum absolute atomic E-state index is 0.565. The number of aliphatic hydroxyl groups is 1. The highest BCUT2D eigenvalue weighted by Crippen LogP contribution is 2.15. The number of nitrogens with one attached hydrogen (secondary N) is 1. The molecule has 0 aliphatic carbocycles. The van der Waals surface area contributed by atoms with Crippen molar-refractivity contribution in [1.29, 1.82) is 0 Å². The summed E-state index contributed by atoms with van der Waals surface area (Å²) >= 11 is 1.70. The molecule has 0 aromatic carbocycles. The zero-order valence-corrected chi connectivity index (χ0v) is 11.6. The molecule has 0 saturated carbocycles. The van der Waals surface area contributed by atoms with Crippen LogP contribution in [0.4, 0.5) is 0 Å². The standard InChI is InChI=1S/C12H26N2OS/c1-12(15,10-16-3)9-13-8-11-4-6-14(2)7-5-11/h11,13,15H,4-10H2,1-3H3. The summed E-state index contributed by atoms with van der Waals surface area (Å²) in [6.45, 7) is 6.10. The van der Waals surface area contributed by atoms with Crippen molar-refractivity contribution in [1.82, 2.24) is 10.2 Å². The minimum Gasteiger partial charge on any atom is -0.388 e. The van der Waals surface area contributed by atoms with Gasteiger partial charge in [-0.2, -0.15) is 11.8 Å². The Morgan fingerprint density at radius 3 is 2.62 bits per heavy atom. The first-order chi connectivity index (χ1) is 7.53. The van der Waals surface area contributed by atoms with Gasteiger partial charge in [-0.1, -0.05) is 0 Å². The Bertz CT molecular complexity index is 191. The number of hydrogen-bond acceptors (Lipinski definition) is 4.